The highest BCUT2D eigenvalue weighted by Gasteiger charge is 1.91. The molecule has 0 rings (SSSR count). The molecule has 0 saturated carbocycles. The van der Waals surface area contributed by atoms with Crippen LogP contribution in [-0.2, 0) is 4.74 Å². The summed E-state index contributed by atoms with van der Waals surface area (Å²) in [6, 6.07) is 2.06. The number of hydrogen-bond donors (Lipinski definition) is 0. The predicted molar refractivity (Wildman–Crippen MR) is 44.0 cm³/mol. The van der Waals surface area contributed by atoms with Crippen LogP contribution in [0.15, 0.2) is 0 Å². The SMILES string of the molecule is CC(C)OCCSCC#N. The van der Waals surface area contributed by atoms with Crippen molar-refractivity contribution in [2.24, 2.45) is 0 Å². The molecule has 0 radical (unpaired) electrons. The van der Waals surface area contributed by atoms with E-state index >= 15 is 0 Å². The van der Waals surface area contributed by atoms with Crippen LogP contribution >= 0.6 is 11.8 Å². The van der Waals surface area contributed by atoms with Crippen molar-refractivity contribution in [3.8, 4) is 6.07 Å². The lowest BCUT2D eigenvalue weighted by Gasteiger charge is -2.04. The van der Waals surface area contributed by atoms with Crippen LogP contribution in [0.1, 0.15) is 13.8 Å². The van der Waals surface area contributed by atoms with Gasteiger partial charge < -0.3 is 4.74 Å². The highest BCUT2D eigenvalue weighted by Crippen LogP contribution is 1.98. The van der Waals surface area contributed by atoms with E-state index in [-0.39, 0.29) is 0 Å². The van der Waals surface area contributed by atoms with Gasteiger partial charge in [-0.05, 0) is 13.8 Å². The highest BCUT2D eigenvalue weighted by atomic mass is 32.2. The molecule has 0 aromatic rings. The van der Waals surface area contributed by atoms with E-state index in [0.29, 0.717) is 11.9 Å². The quantitative estimate of drug-likeness (QED) is 0.572. The first-order valence-corrected chi connectivity index (χ1v) is 4.49. The molecule has 0 heterocycles. The van der Waals surface area contributed by atoms with E-state index in [9.17, 15) is 0 Å². The average molecular weight is 159 g/mol. The molecule has 0 aromatic carbocycles. The molecule has 0 aliphatic carbocycles. The number of ether oxygens (including phenoxy) is 1. The summed E-state index contributed by atoms with van der Waals surface area (Å²) in [5.74, 6) is 1.49. The summed E-state index contributed by atoms with van der Waals surface area (Å²) in [7, 11) is 0. The van der Waals surface area contributed by atoms with E-state index in [4.69, 9.17) is 10.00 Å². The third-order valence-corrected chi connectivity index (χ3v) is 1.63. The topological polar surface area (TPSA) is 33.0 Å². The van der Waals surface area contributed by atoms with Crippen molar-refractivity contribution < 1.29 is 4.74 Å². The Balaban J connectivity index is 2.86. The number of nitrogens with zero attached hydrogens (tertiary/aromatic N) is 1. The Morgan fingerprint density at radius 2 is 2.30 bits per heavy atom. The molecule has 10 heavy (non-hydrogen) atoms. The minimum absolute atomic E-state index is 0.308. The number of nitriles is 1. The van der Waals surface area contributed by atoms with E-state index < -0.39 is 0 Å². The molecule has 0 spiro atoms. The molecule has 0 N–H and O–H groups in total. The Labute approximate surface area is 66.6 Å². The minimum Gasteiger partial charge on any atom is -0.378 e. The highest BCUT2D eigenvalue weighted by molar-refractivity contribution is 7.99. The lowest BCUT2D eigenvalue weighted by Crippen LogP contribution is -2.05. The van der Waals surface area contributed by atoms with Crippen LogP contribution in [0.5, 0.6) is 0 Å². The Bertz CT molecular complexity index is 109. The zero-order chi connectivity index (χ0) is 7.82. The maximum atomic E-state index is 8.16. The van der Waals surface area contributed by atoms with Crippen LogP contribution in [0, 0.1) is 11.3 Å². The van der Waals surface area contributed by atoms with Gasteiger partial charge in [-0.1, -0.05) is 0 Å². The third kappa shape index (κ3) is 7.80. The van der Waals surface area contributed by atoms with E-state index in [2.05, 4.69) is 6.07 Å². The second-order valence-corrected chi connectivity index (χ2v) is 3.24. The molecule has 0 saturated heterocycles. The summed E-state index contributed by atoms with van der Waals surface area (Å²) in [5, 5.41) is 8.16. The third-order valence-electron chi connectivity index (χ3n) is 0.845. The Morgan fingerprint density at radius 1 is 1.60 bits per heavy atom. The molecule has 0 unspecified atom stereocenters. The number of hydrogen-bond acceptors (Lipinski definition) is 3. The fraction of sp³-hybridized carbons (Fsp3) is 0.857. The first-order valence-electron chi connectivity index (χ1n) is 3.33. The fourth-order valence-corrected chi connectivity index (χ4v) is 0.910. The van der Waals surface area contributed by atoms with Gasteiger partial charge in [-0.15, -0.1) is 11.8 Å². The normalized spacial score (nSPS) is 9.80. The van der Waals surface area contributed by atoms with Crippen molar-refractivity contribution in [2.45, 2.75) is 20.0 Å². The maximum Gasteiger partial charge on any atom is 0.0808 e. The summed E-state index contributed by atoms with van der Waals surface area (Å²) < 4.78 is 5.26. The van der Waals surface area contributed by atoms with Gasteiger partial charge in [0, 0.05) is 5.75 Å². The van der Waals surface area contributed by atoms with Gasteiger partial charge in [-0.25, -0.2) is 0 Å². The van der Waals surface area contributed by atoms with E-state index in [1.165, 1.54) is 0 Å². The molecule has 0 bridgehead atoms. The molecule has 2 nitrogen and oxygen atoms in total. The monoisotopic (exact) mass is 159 g/mol. The van der Waals surface area contributed by atoms with Gasteiger partial charge in [0.2, 0.25) is 0 Å². The molecule has 58 valence electrons. The van der Waals surface area contributed by atoms with Crippen LogP contribution in [-0.4, -0.2) is 24.2 Å². The molecule has 0 atom stereocenters. The molecule has 3 heteroatoms. The Hall–Kier alpha value is -0.200. The second-order valence-electron chi connectivity index (χ2n) is 2.13. The van der Waals surface area contributed by atoms with Crippen LogP contribution in [0.3, 0.4) is 0 Å². The Morgan fingerprint density at radius 3 is 2.80 bits per heavy atom. The van der Waals surface area contributed by atoms with Gasteiger partial charge in [0.25, 0.3) is 0 Å². The van der Waals surface area contributed by atoms with Crippen molar-refractivity contribution >= 4 is 11.8 Å². The number of rotatable bonds is 5. The molecule has 0 aliphatic heterocycles. The molecule has 0 fully saturated rings. The first-order chi connectivity index (χ1) is 4.77. The van der Waals surface area contributed by atoms with Gasteiger partial charge in [0.1, 0.15) is 0 Å². The summed E-state index contributed by atoms with van der Waals surface area (Å²) in [6.45, 7) is 4.77. The zero-order valence-corrected chi connectivity index (χ0v) is 7.28. The van der Waals surface area contributed by atoms with Crippen molar-refractivity contribution in [3.05, 3.63) is 0 Å². The van der Waals surface area contributed by atoms with Crippen LogP contribution < -0.4 is 0 Å². The summed E-state index contributed by atoms with van der Waals surface area (Å²) in [5.41, 5.74) is 0. The summed E-state index contributed by atoms with van der Waals surface area (Å²) >= 11 is 1.61. The van der Waals surface area contributed by atoms with Gasteiger partial charge >= 0.3 is 0 Å². The second kappa shape index (κ2) is 6.91. The zero-order valence-electron chi connectivity index (χ0n) is 6.46. The first kappa shape index (κ1) is 9.80. The van der Waals surface area contributed by atoms with Crippen molar-refractivity contribution in [2.75, 3.05) is 18.1 Å². The fourth-order valence-electron chi connectivity index (χ4n) is 0.461. The van der Waals surface area contributed by atoms with Gasteiger partial charge in [0.05, 0.1) is 24.5 Å². The van der Waals surface area contributed by atoms with Crippen LogP contribution in [0.25, 0.3) is 0 Å². The van der Waals surface area contributed by atoms with Crippen molar-refractivity contribution in [1.29, 1.82) is 5.26 Å². The smallest absolute Gasteiger partial charge is 0.0808 e. The standard InChI is InChI=1S/C7H13NOS/c1-7(2)9-4-6-10-5-3-8/h7H,4-6H2,1-2H3. The summed E-state index contributed by atoms with van der Waals surface area (Å²) in [6.07, 6.45) is 0.308. The van der Waals surface area contributed by atoms with E-state index in [1.54, 1.807) is 11.8 Å². The minimum atomic E-state index is 0.308. The summed E-state index contributed by atoms with van der Waals surface area (Å²) in [4.78, 5) is 0. The van der Waals surface area contributed by atoms with Gasteiger partial charge in [-0.2, -0.15) is 5.26 Å². The lowest BCUT2D eigenvalue weighted by atomic mass is 10.5. The number of thioether (sulfide) groups is 1. The molecule has 0 aliphatic rings. The maximum absolute atomic E-state index is 8.16. The largest absolute Gasteiger partial charge is 0.378 e. The van der Waals surface area contributed by atoms with Gasteiger partial charge in [0.15, 0.2) is 0 Å². The van der Waals surface area contributed by atoms with Crippen LogP contribution in [0.4, 0.5) is 0 Å². The van der Waals surface area contributed by atoms with Crippen molar-refractivity contribution in [3.63, 3.8) is 0 Å². The van der Waals surface area contributed by atoms with Crippen molar-refractivity contribution in [1.82, 2.24) is 0 Å². The molecule has 0 amide bonds. The lowest BCUT2D eigenvalue weighted by molar-refractivity contribution is 0.0921. The van der Waals surface area contributed by atoms with Crippen LogP contribution in [0.2, 0.25) is 0 Å². The van der Waals surface area contributed by atoms with Gasteiger partial charge in [-0.3, -0.25) is 0 Å². The average Bonchev–Trinajstić information content (AvgIpc) is 1.87. The van der Waals surface area contributed by atoms with E-state index in [0.717, 1.165) is 12.4 Å². The molecular weight excluding hydrogens is 146 g/mol. The molecule has 0 aromatic heterocycles. The Kier molecular flexibility index (Phi) is 6.78. The predicted octanol–water partition coefficient (Wildman–Crippen LogP) is 1.67. The van der Waals surface area contributed by atoms with E-state index in [1.807, 2.05) is 13.8 Å². The molecular formula is C7H13NOS.